The summed E-state index contributed by atoms with van der Waals surface area (Å²) in [6.45, 7) is 0.479. The number of hydrogen-bond acceptors (Lipinski definition) is 2. The molecule has 1 aromatic carbocycles. The van der Waals surface area contributed by atoms with Crippen molar-refractivity contribution >= 4 is 5.78 Å². The van der Waals surface area contributed by atoms with Crippen molar-refractivity contribution in [3.8, 4) is 0 Å². The fraction of sp³-hybridized carbons (Fsp3) is 0.364. The van der Waals surface area contributed by atoms with E-state index in [0.717, 1.165) is 12.1 Å². The molecule has 0 fully saturated rings. The van der Waals surface area contributed by atoms with Gasteiger partial charge in [-0.15, -0.1) is 0 Å². The molecule has 0 aliphatic carbocycles. The highest BCUT2D eigenvalue weighted by Gasteiger charge is 2.15. The Kier molecular flexibility index (Phi) is 4.37. The minimum absolute atomic E-state index is 0.134. The molecule has 0 aliphatic rings. The topological polar surface area (TPSA) is 43.1 Å². The van der Waals surface area contributed by atoms with Crippen LogP contribution in [-0.4, -0.2) is 12.3 Å². The normalized spacial score (nSPS) is 10.3. The van der Waals surface area contributed by atoms with Gasteiger partial charge in [-0.2, -0.15) is 0 Å². The summed E-state index contributed by atoms with van der Waals surface area (Å²) in [5.41, 5.74) is 4.82. The molecule has 15 heavy (non-hydrogen) atoms. The third kappa shape index (κ3) is 3.09. The first-order valence-corrected chi connectivity index (χ1v) is 4.84. The minimum Gasteiger partial charge on any atom is -0.330 e. The van der Waals surface area contributed by atoms with E-state index in [1.165, 1.54) is 6.07 Å². The highest BCUT2D eigenvalue weighted by atomic mass is 19.1. The lowest BCUT2D eigenvalue weighted by molar-refractivity contribution is 0.0971. The molecule has 0 radical (unpaired) electrons. The highest BCUT2D eigenvalue weighted by Crippen LogP contribution is 2.15. The van der Waals surface area contributed by atoms with Crippen LogP contribution in [0.5, 0.6) is 0 Å². The summed E-state index contributed by atoms with van der Waals surface area (Å²) < 4.78 is 26.2. The van der Waals surface area contributed by atoms with E-state index in [2.05, 4.69) is 0 Å². The average Bonchev–Trinajstić information content (AvgIpc) is 2.18. The summed E-state index contributed by atoms with van der Waals surface area (Å²) in [5.74, 6) is -2.10. The molecule has 0 heterocycles. The Balaban J connectivity index is 2.73. The first-order valence-electron chi connectivity index (χ1n) is 4.84. The summed E-state index contributed by atoms with van der Waals surface area (Å²) in [6, 6.07) is 3.40. The second-order valence-electron chi connectivity index (χ2n) is 3.27. The largest absolute Gasteiger partial charge is 0.330 e. The van der Waals surface area contributed by atoms with Crippen LogP contribution in [0.4, 0.5) is 8.78 Å². The molecule has 0 saturated carbocycles. The van der Waals surface area contributed by atoms with Crippen molar-refractivity contribution in [1.29, 1.82) is 0 Å². The average molecular weight is 213 g/mol. The number of nitrogens with two attached hydrogens (primary N) is 1. The molecule has 0 unspecified atom stereocenters. The number of rotatable bonds is 5. The molecule has 2 N–H and O–H groups in total. The monoisotopic (exact) mass is 213 g/mol. The SMILES string of the molecule is NCCCCC(=O)c1c(F)cccc1F. The van der Waals surface area contributed by atoms with Crippen molar-refractivity contribution in [1.82, 2.24) is 0 Å². The third-order valence-corrected chi connectivity index (χ3v) is 2.10. The summed E-state index contributed by atoms with van der Waals surface area (Å²) in [5, 5.41) is 0. The van der Waals surface area contributed by atoms with Crippen LogP contribution in [0.2, 0.25) is 0 Å². The maximum Gasteiger partial charge on any atom is 0.168 e. The molecule has 4 heteroatoms. The van der Waals surface area contributed by atoms with E-state index in [4.69, 9.17) is 5.73 Å². The molecule has 0 aliphatic heterocycles. The summed E-state index contributed by atoms with van der Waals surface area (Å²) in [6.07, 6.45) is 1.37. The van der Waals surface area contributed by atoms with Gasteiger partial charge in [0.25, 0.3) is 0 Å². The number of carbonyl (C=O) groups excluding carboxylic acids is 1. The first-order chi connectivity index (χ1) is 7.16. The lowest BCUT2D eigenvalue weighted by atomic mass is 10.0. The van der Waals surface area contributed by atoms with Crippen molar-refractivity contribution in [2.24, 2.45) is 5.73 Å². The summed E-state index contributed by atoms with van der Waals surface area (Å²) in [4.78, 5) is 11.4. The lowest BCUT2D eigenvalue weighted by Crippen LogP contribution is -2.07. The maximum absolute atomic E-state index is 13.1. The molecule has 2 nitrogen and oxygen atoms in total. The molecular formula is C11H13F2NO. The lowest BCUT2D eigenvalue weighted by Gasteiger charge is -2.03. The number of halogens is 2. The number of Topliss-reactive ketones (excluding diaryl/α,β-unsaturated/α-hetero) is 1. The van der Waals surface area contributed by atoms with Crippen molar-refractivity contribution in [2.45, 2.75) is 19.3 Å². The zero-order valence-corrected chi connectivity index (χ0v) is 8.30. The summed E-state index contributed by atoms with van der Waals surface area (Å²) in [7, 11) is 0. The van der Waals surface area contributed by atoms with Gasteiger partial charge in [0.15, 0.2) is 5.78 Å². The van der Waals surface area contributed by atoms with E-state index in [1.54, 1.807) is 0 Å². The molecular weight excluding hydrogens is 200 g/mol. The van der Waals surface area contributed by atoms with Crippen LogP contribution in [0, 0.1) is 11.6 Å². The smallest absolute Gasteiger partial charge is 0.168 e. The fourth-order valence-corrected chi connectivity index (χ4v) is 1.32. The van der Waals surface area contributed by atoms with Crippen LogP contribution in [-0.2, 0) is 0 Å². The van der Waals surface area contributed by atoms with Gasteiger partial charge in [-0.05, 0) is 31.5 Å². The molecule has 0 amide bonds. The highest BCUT2D eigenvalue weighted by molar-refractivity contribution is 5.96. The predicted octanol–water partition coefficient (Wildman–Crippen LogP) is 2.28. The molecule has 82 valence electrons. The Labute approximate surface area is 87.1 Å². The number of hydrogen-bond donors (Lipinski definition) is 1. The fourth-order valence-electron chi connectivity index (χ4n) is 1.32. The number of carbonyl (C=O) groups is 1. The Morgan fingerprint density at radius 3 is 2.33 bits per heavy atom. The molecule has 0 saturated heterocycles. The van der Waals surface area contributed by atoms with Gasteiger partial charge in [0, 0.05) is 6.42 Å². The number of benzene rings is 1. The Morgan fingerprint density at radius 1 is 1.20 bits per heavy atom. The van der Waals surface area contributed by atoms with Gasteiger partial charge >= 0.3 is 0 Å². The maximum atomic E-state index is 13.1. The molecule has 0 atom stereocenters. The predicted molar refractivity (Wildman–Crippen MR) is 53.6 cm³/mol. The van der Waals surface area contributed by atoms with Gasteiger partial charge in [-0.25, -0.2) is 8.78 Å². The van der Waals surface area contributed by atoms with Gasteiger partial charge < -0.3 is 5.73 Å². The molecule has 0 aromatic heterocycles. The van der Waals surface area contributed by atoms with Gasteiger partial charge in [0.05, 0.1) is 5.56 Å². The molecule has 0 spiro atoms. The minimum atomic E-state index is -0.798. The number of unbranched alkanes of at least 4 members (excludes halogenated alkanes) is 1. The van der Waals surface area contributed by atoms with Crippen LogP contribution < -0.4 is 5.73 Å². The van der Waals surface area contributed by atoms with Crippen molar-refractivity contribution < 1.29 is 13.6 Å². The zero-order valence-electron chi connectivity index (χ0n) is 8.30. The van der Waals surface area contributed by atoms with E-state index in [-0.39, 0.29) is 6.42 Å². The second kappa shape index (κ2) is 5.56. The number of ketones is 1. The van der Waals surface area contributed by atoms with E-state index in [0.29, 0.717) is 19.4 Å². The van der Waals surface area contributed by atoms with Gasteiger partial charge in [0.2, 0.25) is 0 Å². The Morgan fingerprint density at radius 2 is 1.80 bits per heavy atom. The summed E-state index contributed by atoms with van der Waals surface area (Å²) >= 11 is 0. The van der Waals surface area contributed by atoms with Crippen LogP contribution in [0.25, 0.3) is 0 Å². The van der Waals surface area contributed by atoms with Crippen molar-refractivity contribution in [3.05, 3.63) is 35.4 Å². The quantitative estimate of drug-likeness (QED) is 0.602. The Hall–Kier alpha value is -1.29. The van der Waals surface area contributed by atoms with Crippen molar-refractivity contribution in [2.75, 3.05) is 6.54 Å². The van der Waals surface area contributed by atoms with Crippen LogP contribution >= 0.6 is 0 Å². The second-order valence-corrected chi connectivity index (χ2v) is 3.27. The van der Waals surface area contributed by atoms with Gasteiger partial charge in [-0.1, -0.05) is 6.07 Å². The van der Waals surface area contributed by atoms with E-state index in [9.17, 15) is 13.6 Å². The van der Waals surface area contributed by atoms with Gasteiger partial charge in [0.1, 0.15) is 11.6 Å². The van der Waals surface area contributed by atoms with E-state index in [1.807, 2.05) is 0 Å². The standard InChI is InChI=1S/C11H13F2NO/c12-8-4-3-5-9(13)11(8)10(15)6-1-2-7-14/h3-5H,1-2,6-7,14H2. The van der Waals surface area contributed by atoms with Crippen LogP contribution in [0.3, 0.4) is 0 Å². The zero-order chi connectivity index (χ0) is 11.3. The van der Waals surface area contributed by atoms with E-state index < -0.39 is 23.0 Å². The van der Waals surface area contributed by atoms with Gasteiger partial charge in [-0.3, -0.25) is 4.79 Å². The third-order valence-electron chi connectivity index (χ3n) is 2.10. The molecule has 0 bridgehead atoms. The van der Waals surface area contributed by atoms with Crippen molar-refractivity contribution in [3.63, 3.8) is 0 Å². The molecule has 1 aromatic rings. The Bertz CT molecular complexity index is 332. The first kappa shape index (κ1) is 11.8. The molecule has 1 rings (SSSR count). The van der Waals surface area contributed by atoms with Crippen LogP contribution in [0.1, 0.15) is 29.6 Å². The van der Waals surface area contributed by atoms with Crippen LogP contribution in [0.15, 0.2) is 18.2 Å². The van der Waals surface area contributed by atoms with E-state index >= 15 is 0 Å².